The van der Waals surface area contributed by atoms with E-state index in [1.807, 2.05) is 24.1 Å². The Labute approximate surface area is 195 Å². The summed E-state index contributed by atoms with van der Waals surface area (Å²) in [5.74, 6) is -0.148. The minimum Gasteiger partial charge on any atom is -0.323 e. The molecule has 0 saturated carbocycles. The molecule has 180 valence electrons. The third-order valence-corrected chi connectivity index (χ3v) is 9.61. The first-order valence-electron chi connectivity index (χ1n) is 12.0. The molecule has 10 heteroatoms. The molecule has 3 fully saturated rings. The highest BCUT2D eigenvalue weighted by molar-refractivity contribution is 7.89. The van der Waals surface area contributed by atoms with Crippen molar-refractivity contribution in [3.05, 3.63) is 29.3 Å². The van der Waals surface area contributed by atoms with Gasteiger partial charge in [-0.3, -0.25) is 9.69 Å². The van der Waals surface area contributed by atoms with Gasteiger partial charge in [-0.2, -0.15) is 4.31 Å². The molecule has 0 radical (unpaired) electrons. The molecule has 3 aliphatic heterocycles. The number of rotatable bonds is 4. The number of hydrogen-bond acceptors (Lipinski definition) is 6. The quantitative estimate of drug-likeness (QED) is 0.649. The molecule has 1 aliphatic carbocycles. The van der Waals surface area contributed by atoms with E-state index in [2.05, 4.69) is 10.2 Å². The molecule has 1 aromatic carbocycles. The number of aryl methyl sites for hydroxylation is 2. The average Bonchev–Trinajstić information content (AvgIpc) is 3.05. The molecule has 4 aliphatic rings. The first kappa shape index (κ1) is 22.8. The maximum Gasteiger partial charge on any atom is 0.326 e. The molecular formula is C23H33N5O4S. The first-order valence-corrected chi connectivity index (χ1v) is 13.4. The minimum absolute atomic E-state index is 0.148. The lowest BCUT2D eigenvalue weighted by atomic mass is 9.88. The topological polar surface area (TPSA) is 93.3 Å². The molecule has 1 N–H and O–H groups in total. The summed E-state index contributed by atoms with van der Waals surface area (Å²) in [5, 5.41) is 2.94. The lowest BCUT2D eigenvalue weighted by molar-refractivity contribution is -0.134. The maximum atomic E-state index is 13.2. The second-order valence-corrected chi connectivity index (χ2v) is 11.8. The molecule has 0 unspecified atom stereocenters. The van der Waals surface area contributed by atoms with Crippen molar-refractivity contribution in [1.29, 1.82) is 0 Å². The number of nitrogens with zero attached hydrogens (tertiary/aromatic N) is 4. The fraction of sp³-hybridized carbons (Fsp3) is 0.652. The van der Waals surface area contributed by atoms with Crippen LogP contribution in [0.3, 0.4) is 0 Å². The lowest BCUT2D eigenvalue weighted by Crippen LogP contribution is -2.55. The molecule has 33 heavy (non-hydrogen) atoms. The number of imide groups is 1. The predicted molar refractivity (Wildman–Crippen MR) is 123 cm³/mol. The molecule has 0 bridgehead atoms. The van der Waals surface area contributed by atoms with E-state index < -0.39 is 15.6 Å². The summed E-state index contributed by atoms with van der Waals surface area (Å²) >= 11 is 0. The molecular weight excluding hydrogens is 442 g/mol. The number of fused-ring (bicyclic) bond motifs is 1. The van der Waals surface area contributed by atoms with Crippen LogP contribution in [0.5, 0.6) is 0 Å². The normalized spacial score (nSPS) is 24.8. The molecule has 3 amide bonds. The molecule has 9 nitrogen and oxygen atoms in total. The van der Waals surface area contributed by atoms with Crippen molar-refractivity contribution in [3.63, 3.8) is 0 Å². The van der Waals surface area contributed by atoms with Crippen LogP contribution in [0.4, 0.5) is 4.79 Å². The predicted octanol–water partition coefficient (Wildman–Crippen LogP) is 0.845. The van der Waals surface area contributed by atoms with Crippen molar-refractivity contribution < 1.29 is 18.0 Å². The molecule has 1 spiro atoms. The molecule has 1 aromatic rings. The summed E-state index contributed by atoms with van der Waals surface area (Å²) in [5.41, 5.74) is 1.64. The van der Waals surface area contributed by atoms with Gasteiger partial charge in [-0.05, 0) is 68.8 Å². The number of benzene rings is 1. The van der Waals surface area contributed by atoms with E-state index in [4.69, 9.17) is 0 Å². The molecule has 5 rings (SSSR count). The van der Waals surface area contributed by atoms with E-state index >= 15 is 0 Å². The summed E-state index contributed by atoms with van der Waals surface area (Å²) < 4.78 is 28.0. The van der Waals surface area contributed by atoms with Crippen molar-refractivity contribution in [2.24, 2.45) is 0 Å². The second-order valence-electron chi connectivity index (χ2n) is 9.85. The Hall–Kier alpha value is -2.01. The van der Waals surface area contributed by atoms with Gasteiger partial charge in [0, 0.05) is 39.3 Å². The van der Waals surface area contributed by atoms with E-state index in [9.17, 15) is 18.0 Å². The number of nitrogens with one attached hydrogen (secondary N) is 1. The average molecular weight is 476 g/mol. The van der Waals surface area contributed by atoms with Crippen molar-refractivity contribution in [2.75, 3.05) is 53.0 Å². The largest absolute Gasteiger partial charge is 0.326 e. The lowest BCUT2D eigenvalue weighted by Gasteiger charge is -2.37. The van der Waals surface area contributed by atoms with Crippen LogP contribution < -0.4 is 5.32 Å². The fourth-order valence-corrected chi connectivity index (χ4v) is 6.95. The van der Waals surface area contributed by atoms with Crippen LogP contribution in [-0.2, 0) is 27.7 Å². The van der Waals surface area contributed by atoms with Gasteiger partial charge in [0.2, 0.25) is 10.0 Å². The maximum absolute atomic E-state index is 13.2. The van der Waals surface area contributed by atoms with E-state index in [1.165, 1.54) is 14.8 Å². The number of likely N-dealkylation sites (tertiary alicyclic amines) is 1. The van der Waals surface area contributed by atoms with Gasteiger partial charge in [-0.25, -0.2) is 18.1 Å². The van der Waals surface area contributed by atoms with E-state index in [0.717, 1.165) is 44.3 Å². The standard InChI is InChI=1S/C23H33N5O4S/c1-25-10-8-23(9-11-25)21(29)28(22(30)24-23)17-26-12-14-27(15-13-26)33(31,32)20-7-6-18-4-2-3-5-19(18)16-20/h6-7,16H,2-5,8-15,17H2,1H3,(H,24,30). The van der Waals surface area contributed by atoms with Gasteiger partial charge in [0.25, 0.3) is 5.91 Å². The highest BCUT2D eigenvalue weighted by Crippen LogP contribution is 2.30. The Morgan fingerprint density at radius 3 is 2.30 bits per heavy atom. The Kier molecular flexibility index (Phi) is 5.97. The van der Waals surface area contributed by atoms with Gasteiger partial charge in [-0.15, -0.1) is 0 Å². The number of carbonyl (C=O) groups excluding carboxylic acids is 2. The number of amides is 3. The zero-order valence-corrected chi connectivity index (χ0v) is 20.1. The van der Waals surface area contributed by atoms with E-state index in [1.54, 1.807) is 6.07 Å². The van der Waals surface area contributed by atoms with Crippen LogP contribution >= 0.6 is 0 Å². The Morgan fingerprint density at radius 2 is 1.61 bits per heavy atom. The summed E-state index contributed by atoms with van der Waals surface area (Å²) in [6, 6.07) is 5.22. The minimum atomic E-state index is -3.55. The van der Waals surface area contributed by atoms with Crippen LogP contribution in [0, 0.1) is 0 Å². The second kappa shape index (κ2) is 8.65. The van der Waals surface area contributed by atoms with Crippen molar-refractivity contribution >= 4 is 22.0 Å². The number of sulfonamides is 1. The van der Waals surface area contributed by atoms with Crippen LogP contribution in [0.15, 0.2) is 23.1 Å². The Bertz CT molecular complexity index is 1040. The molecule has 3 heterocycles. The van der Waals surface area contributed by atoms with Gasteiger partial charge in [-0.1, -0.05) is 6.07 Å². The summed E-state index contributed by atoms with van der Waals surface area (Å²) in [7, 11) is -1.54. The van der Waals surface area contributed by atoms with Gasteiger partial charge < -0.3 is 10.2 Å². The molecule has 0 aromatic heterocycles. The summed E-state index contributed by atoms with van der Waals surface area (Å²) in [6.07, 6.45) is 5.48. The number of piperidine rings is 1. The van der Waals surface area contributed by atoms with E-state index in [0.29, 0.717) is 43.9 Å². The third-order valence-electron chi connectivity index (χ3n) is 7.72. The monoisotopic (exact) mass is 475 g/mol. The van der Waals surface area contributed by atoms with Crippen LogP contribution in [-0.4, -0.2) is 97.9 Å². The Balaban J connectivity index is 1.21. The zero-order chi connectivity index (χ0) is 23.2. The Morgan fingerprint density at radius 1 is 0.939 bits per heavy atom. The summed E-state index contributed by atoms with van der Waals surface area (Å²) in [4.78, 5) is 31.5. The van der Waals surface area contributed by atoms with Crippen LogP contribution in [0.2, 0.25) is 0 Å². The SMILES string of the molecule is CN1CCC2(CC1)NC(=O)N(CN1CCN(S(=O)(=O)c3ccc4c(c3)CCCC4)CC1)C2=O. The number of piperazine rings is 1. The third kappa shape index (κ3) is 4.18. The fourth-order valence-electron chi connectivity index (χ4n) is 5.47. The zero-order valence-electron chi connectivity index (χ0n) is 19.3. The van der Waals surface area contributed by atoms with E-state index in [-0.39, 0.29) is 18.6 Å². The number of hydrogen-bond donors (Lipinski definition) is 1. The summed E-state index contributed by atoms with van der Waals surface area (Å²) in [6.45, 7) is 3.42. The highest BCUT2D eigenvalue weighted by Gasteiger charge is 2.52. The number of urea groups is 1. The van der Waals surface area contributed by atoms with Crippen LogP contribution in [0.25, 0.3) is 0 Å². The van der Waals surface area contributed by atoms with Crippen molar-refractivity contribution in [1.82, 2.24) is 24.3 Å². The smallest absolute Gasteiger partial charge is 0.323 e. The molecule has 0 atom stereocenters. The van der Waals surface area contributed by atoms with Gasteiger partial charge in [0.1, 0.15) is 5.54 Å². The van der Waals surface area contributed by atoms with Gasteiger partial charge in [0.15, 0.2) is 0 Å². The first-order chi connectivity index (χ1) is 15.8. The van der Waals surface area contributed by atoms with Gasteiger partial charge in [0.05, 0.1) is 11.6 Å². The van der Waals surface area contributed by atoms with Crippen molar-refractivity contribution in [2.45, 2.75) is 49.0 Å². The highest BCUT2D eigenvalue weighted by atomic mass is 32.2. The molecule has 3 saturated heterocycles. The van der Waals surface area contributed by atoms with Crippen molar-refractivity contribution in [3.8, 4) is 0 Å². The van der Waals surface area contributed by atoms with Gasteiger partial charge >= 0.3 is 6.03 Å². The van der Waals surface area contributed by atoms with Crippen LogP contribution in [0.1, 0.15) is 36.8 Å². The number of carbonyl (C=O) groups is 2.